The first kappa shape index (κ1) is 30.2. The molecule has 0 bridgehead atoms. The molecule has 2 aromatic carbocycles. The molecule has 6 rings (SSSR count). The van der Waals surface area contributed by atoms with Crippen molar-refractivity contribution in [3.63, 3.8) is 0 Å². The van der Waals surface area contributed by atoms with Crippen molar-refractivity contribution in [2.24, 2.45) is 0 Å². The number of amides is 2. The maximum atomic E-state index is 14.1. The van der Waals surface area contributed by atoms with Crippen LogP contribution in [0.15, 0.2) is 73.2 Å². The molecule has 45 heavy (non-hydrogen) atoms. The van der Waals surface area contributed by atoms with Gasteiger partial charge in [-0.15, -0.1) is 5.10 Å². The number of aromatic nitrogens is 5. The Bertz CT molecular complexity index is 1610. The van der Waals surface area contributed by atoms with E-state index in [1.807, 2.05) is 41.3 Å². The van der Waals surface area contributed by atoms with Gasteiger partial charge in [-0.3, -0.25) is 14.6 Å². The molecular weight excluding hydrogens is 572 g/mol. The van der Waals surface area contributed by atoms with E-state index in [2.05, 4.69) is 42.9 Å². The zero-order valence-corrected chi connectivity index (χ0v) is 25.6. The van der Waals surface area contributed by atoms with Crippen molar-refractivity contribution >= 4 is 12.3 Å². The van der Waals surface area contributed by atoms with Crippen molar-refractivity contribution in [2.45, 2.75) is 36.6 Å². The number of nitrogens with one attached hydrogen (secondary N) is 1. The van der Waals surface area contributed by atoms with Gasteiger partial charge in [0.1, 0.15) is 17.8 Å². The zero-order chi connectivity index (χ0) is 31.3. The second kappa shape index (κ2) is 13.0. The van der Waals surface area contributed by atoms with Crippen LogP contribution in [0.3, 0.4) is 0 Å². The maximum absolute atomic E-state index is 14.1. The van der Waals surface area contributed by atoms with Gasteiger partial charge >= 0.3 is 0 Å². The second-order valence-electron chi connectivity index (χ2n) is 11.8. The lowest BCUT2D eigenvalue weighted by atomic mass is 9.76. The molecule has 0 aliphatic carbocycles. The summed E-state index contributed by atoms with van der Waals surface area (Å²) in [4.78, 5) is 34.6. The van der Waals surface area contributed by atoms with Crippen LogP contribution in [0.25, 0.3) is 5.69 Å². The van der Waals surface area contributed by atoms with Gasteiger partial charge in [-0.25, -0.2) is 4.68 Å². The molecule has 2 amide bonds. The van der Waals surface area contributed by atoms with E-state index in [0.29, 0.717) is 30.1 Å². The highest BCUT2D eigenvalue weighted by Gasteiger charge is 2.43. The molecular formula is C33H38N8O4. The van der Waals surface area contributed by atoms with Crippen LogP contribution in [0, 0.1) is 0 Å². The molecule has 2 aliphatic rings. The third kappa shape index (κ3) is 6.10. The SMILES string of the molecule is COc1cccc(C2(CCN3CCC(NC=O)(c4ccccn4)CC3)CCN(C(=O)c3cc(-n4cnnn4)ccc3OC)C2)c1. The summed E-state index contributed by atoms with van der Waals surface area (Å²) in [5.41, 5.74) is 2.48. The fourth-order valence-electron chi connectivity index (χ4n) is 6.80. The Kier molecular flexibility index (Phi) is 8.74. The van der Waals surface area contributed by atoms with Crippen LogP contribution in [-0.2, 0) is 15.7 Å². The third-order valence-electron chi connectivity index (χ3n) is 9.46. The van der Waals surface area contributed by atoms with E-state index >= 15 is 0 Å². The van der Waals surface area contributed by atoms with Gasteiger partial charge < -0.3 is 24.6 Å². The van der Waals surface area contributed by atoms with Crippen LogP contribution in [-0.4, -0.2) is 94.3 Å². The Morgan fingerprint density at radius 1 is 1.00 bits per heavy atom. The lowest BCUT2D eigenvalue weighted by Crippen LogP contribution is -2.51. The van der Waals surface area contributed by atoms with E-state index in [1.54, 1.807) is 32.5 Å². The fraction of sp³-hybridized carbons (Fsp3) is 0.394. The van der Waals surface area contributed by atoms with Gasteiger partial charge in [0.2, 0.25) is 6.41 Å². The van der Waals surface area contributed by atoms with Crippen molar-refractivity contribution in [2.75, 3.05) is 46.9 Å². The molecule has 1 N–H and O–H groups in total. The van der Waals surface area contributed by atoms with E-state index in [4.69, 9.17) is 9.47 Å². The number of hydrogen-bond donors (Lipinski definition) is 1. The first-order chi connectivity index (χ1) is 22.0. The molecule has 1 unspecified atom stereocenters. The van der Waals surface area contributed by atoms with Crippen LogP contribution >= 0.6 is 0 Å². The normalized spacial score (nSPS) is 19.6. The Labute approximate surface area is 262 Å². The predicted molar refractivity (Wildman–Crippen MR) is 166 cm³/mol. The topological polar surface area (TPSA) is 128 Å². The number of tetrazole rings is 1. The number of ether oxygens (including phenoxy) is 2. The van der Waals surface area contributed by atoms with Gasteiger partial charge in [0.25, 0.3) is 5.91 Å². The standard InChI is InChI=1S/C33H38N8O4/c1-44-27-7-5-6-25(20-27)32(11-16-39-17-13-33(14-18-39,35-24-42)30-8-3-4-15-34-30)12-19-40(22-32)31(43)28-21-26(9-10-29(28)45-2)41-23-36-37-38-41/h3-10,15,20-21,23-24H,11-14,16-19,22H2,1-2H3,(H,35,42). The molecule has 0 spiro atoms. The van der Waals surface area contributed by atoms with E-state index in [-0.39, 0.29) is 11.3 Å². The largest absolute Gasteiger partial charge is 0.497 e. The van der Waals surface area contributed by atoms with Gasteiger partial charge in [0, 0.05) is 37.8 Å². The van der Waals surface area contributed by atoms with Crippen LogP contribution in [0.5, 0.6) is 11.5 Å². The minimum absolute atomic E-state index is 0.0930. The number of rotatable bonds is 11. The smallest absolute Gasteiger partial charge is 0.257 e. The highest BCUT2D eigenvalue weighted by atomic mass is 16.5. The molecule has 2 aromatic heterocycles. The lowest BCUT2D eigenvalue weighted by molar-refractivity contribution is -0.112. The van der Waals surface area contributed by atoms with E-state index in [9.17, 15) is 9.59 Å². The monoisotopic (exact) mass is 610 g/mol. The number of carbonyl (C=O) groups is 2. The van der Waals surface area contributed by atoms with E-state index in [0.717, 1.165) is 68.7 Å². The summed E-state index contributed by atoms with van der Waals surface area (Å²) in [6.07, 6.45) is 7.30. The average Bonchev–Trinajstić information content (AvgIpc) is 3.80. The zero-order valence-electron chi connectivity index (χ0n) is 25.6. The number of benzene rings is 2. The molecule has 2 saturated heterocycles. The highest BCUT2D eigenvalue weighted by molar-refractivity contribution is 5.97. The Morgan fingerprint density at radius 2 is 1.87 bits per heavy atom. The number of pyridine rings is 1. The quantitative estimate of drug-likeness (QED) is 0.255. The molecule has 12 nitrogen and oxygen atoms in total. The molecule has 2 aliphatic heterocycles. The first-order valence-electron chi connectivity index (χ1n) is 15.2. The van der Waals surface area contributed by atoms with Gasteiger partial charge in [-0.05, 0) is 90.7 Å². The van der Waals surface area contributed by atoms with Crippen molar-refractivity contribution in [1.82, 2.24) is 40.3 Å². The van der Waals surface area contributed by atoms with Crippen LogP contribution < -0.4 is 14.8 Å². The maximum Gasteiger partial charge on any atom is 0.257 e. The van der Waals surface area contributed by atoms with Crippen LogP contribution in [0.2, 0.25) is 0 Å². The average molecular weight is 611 g/mol. The van der Waals surface area contributed by atoms with Crippen molar-refractivity contribution < 1.29 is 19.1 Å². The molecule has 4 aromatic rings. The molecule has 0 radical (unpaired) electrons. The van der Waals surface area contributed by atoms with Crippen molar-refractivity contribution in [3.05, 3.63) is 90.0 Å². The van der Waals surface area contributed by atoms with Crippen molar-refractivity contribution in [1.29, 1.82) is 0 Å². The summed E-state index contributed by atoms with van der Waals surface area (Å²) in [7, 11) is 3.24. The molecule has 0 saturated carbocycles. The summed E-state index contributed by atoms with van der Waals surface area (Å²) in [5.74, 6) is 1.21. The van der Waals surface area contributed by atoms with E-state index < -0.39 is 5.54 Å². The summed E-state index contributed by atoms with van der Waals surface area (Å²) in [5, 5.41) is 14.5. The molecule has 12 heteroatoms. The van der Waals surface area contributed by atoms with Crippen LogP contribution in [0.4, 0.5) is 0 Å². The molecule has 234 valence electrons. The molecule has 1 atom stereocenters. The lowest BCUT2D eigenvalue weighted by Gasteiger charge is -2.42. The number of likely N-dealkylation sites (tertiary alicyclic amines) is 2. The van der Waals surface area contributed by atoms with Gasteiger partial charge in [0.05, 0.1) is 36.7 Å². The number of hydrogen-bond acceptors (Lipinski definition) is 9. The number of nitrogens with zero attached hydrogens (tertiary/aromatic N) is 7. The van der Waals surface area contributed by atoms with Crippen LogP contribution in [0.1, 0.15) is 47.3 Å². The fourth-order valence-corrected chi connectivity index (χ4v) is 6.80. The summed E-state index contributed by atoms with van der Waals surface area (Å²) in [6.45, 7) is 3.69. The summed E-state index contributed by atoms with van der Waals surface area (Å²) < 4.78 is 12.7. The van der Waals surface area contributed by atoms with Gasteiger partial charge in [0.15, 0.2) is 0 Å². The van der Waals surface area contributed by atoms with Gasteiger partial charge in [-0.2, -0.15) is 0 Å². The molecule has 2 fully saturated rings. The number of methoxy groups -OCH3 is 2. The van der Waals surface area contributed by atoms with E-state index in [1.165, 1.54) is 11.0 Å². The third-order valence-corrected chi connectivity index (χ3v) is 9.46. The second-order valence-corrected chi connectivity index (χ2v) is 11.8. The predicted octanol–water partition coefficient (Wildman–Crippen LogP) is 2.99. The number of carbonyl (C=O) groups excluding carboxylic acids is 2. The first-order valence-corrected chi connectivity index (χ1v) is 15.2. The molecule has 4 heterocycles. The van der Waals surface area contributed by atoms with Gasteiger partial charge in [-0.1, -0.05) is 18.2 Å². The number of piperidine rings is 1. The minimum Gasteiger partial charge on any atom is -0.497 e. The summed E-state index contributed by atoms with van der Waals surface area (Å²) >= 11 is 0. The summed E-state index contributed by atoms with van der Waals surface area (Å²) in [6, 6.07) is 19.4. The minimum atomic E-state index is -0.462. The Balaban J connectivity index is 1.22. The van der Waals surface area contributed by atoms with Crippen molar-refractivity contribution in [3.8, 4) is 17.2 Å². The Morgan fingerprint density at radius 3 is 2.58 bits per heavy atom. The highest BCUT2D eigenvalue weighted by Crippen LogP contribution is 2.41. The Hall–Kier alpha value is -4.84.